The summed E-state index contributed by atoms with van der Waals surface area (Å²) in [6.45, 7) is 7.70. The van der Waals surface area contributed by atoms with E-state index in [1.54, 1.807) is 43.5 Å². The summed E-state index contributed by atoms with van der Waals surface area (Å²) in [4.78, 5) is 39.2. The Morgan fingerprint density at radius 1 is 0.950 bits per heavy atom. The third kappa shape index (κ3) is 5.04. The number of aliphatic carboxylic acids is 1. The first kappa shape index (κ1) is 27.0. The predicted molar refractivity (Wildman–Crippen MR) is 155 cm³/mol. The van der Waals surface area contributed by atoms with E-state index in [2.05, 4.69) is 0 Å². The summed E-state index contributed by atoms with van der Waals surface area (Å²) in [5, 5.41) is 10.9. The van der Waals surface area contributed by atoms with Gasteiger partial charge < -0.3 is 14.4 Å². The fraction of sp³-hybridized carbons (Fsp3) is 0.281. The average Bonchev–Trinajstić information content (AvgIpc) is 3.36. The number of fused-ring (bicyclic) bond motifs is 2. The number of carbonyl (C=O) groups excluding carboxylic acids is 1. The van der Waals surface area contributed by atoms with E-state index in [9.17, 15) is 19.5 Å². The van der Waals surface area contributed by atoms with E-state index < -0.39 is 23.6 Å². The molecule has 0 bridgehead atoms. The molecule has 0 fully saturated rings. The molecular formula is C32H33N3O5. The number of rotatable bonds is 7. The number of carbonyl (C=O) groups is 2. The fourth-order valence-electron chi connectivity index (χ4n) is 5.42. The molecule has 0 spiro atoms. The number of aryl methyl sites for hydroxylation is 2. The van der Waals surface area contributed by atoms with Crippen LogP contribution in [0.2, 0.25) is 0 Å². The molecule has 8 nitrogen and oxygen atoms in total. The lowest BCUT2D eigenvalue weighted by Crippen LogP contribution is -2.29. The normalized spacial score (nSPS) is 12.6. The van der Waals surface area contributed by atoms with Gasteiger partial charge in [0.25, 0.3) is 0 Å². The van der Waals surface area contributed by atoms with Gasteiger partial charge in [-0.25, -0.2) is 9.59 Å². The lowest BCUT2D eigenvalue weighted by molar-refractivity contribution is -0.137. The minimum absolute atomic E-state index is 0.283. The third-order valence-electron chi connectivity index (χ3n) is 7.09. The number of ether oxygens (including phenoxy) is 1. The summed E-state index contributed by atoms with van der Waals surface area (Å²) in [5.41, 5.74) is 4.15. The second kappa shape index (κ2) is 10.2. The van der Waals surface area contributed by atoms with Gasteiger partial charge in [-0.05, 0) is 68.7 Å². The van der Waals surface area contributed by atoms with Gasteiger partial charge in [0.1, 0.15) is 5.60 Å². The molecule has 0 aliphatic heterocycles. The highest BCUT2D eigenvalue weighted by Gasteiger charge is 2.27. The monoisotopic (exact) mass is 539 g/mol. The van der Waals surface area contributed by atoms with Crippen molar-refractivity contribution in [2.45, 2.75) is 52.3 Å². The molecule has 206 valence electrons. The van der Waals surface area contributed by atoms with E-state index in [-0.39, 0.29) is 24.2 Å². The molecule has 0 aliphatic rings. The van der Waals surface area contributed by atoms with Gasteiger partial charge in [-0.15, -0.1) is 0 Å². The quantitative estimate of drug-likeness (QED) is 0.269. The Morgan fingerprint density at radius 2 is 1.68 bits per heavy atom. The maximum Gasteiger partial charge on any atom is 0.338 e. The highest BCUT2D eigenvalue weighted by atomic mass is 16.6. The van der Waals surface area contributed by atoms with Crippen molar-refractivity contribution in [3.8, 4) is 0 Å². The molecule has 0 unspecified atom stereocenters. The van der Waals surface area contributed by atoms with Crippen LogP contribution in [0.15, 0.2) is 77.7 Å². The number of benzene rings is 3. The van der Waals surface area contributed by atoms with Gasteiger partial charge in [0, 0.05) is 24.1 Å². The molecule has 5 aromatic rings. The van der Waals surface area contributed by atoms with Crippen LogP contribution < -0.4 is 5.69 Å². The van der Waals surface area contributed by atoms with E-state index >= 15 is 0 Å². The fourth-order valence-corrected chi connectivity index (χ4v) is 5.42. The first-order valence-corrected chi connectivity index (χ1v) is 13.2. The van der Waals surface area contributed by atoms with Crippen LogP contribution in [0.4, 0.5) is 0 Å². The Morgan fingerprint density at radius 3 is 2.35 bits per heavy atom. The third-order valence-corrected chi connectivity index (χ3v) is 7.09. The van der Waals surface area contributed by atoms with Crippen molar-refractivity contribution in [1.29, 1.82) is 0 Å². The molecule has 0 saturated heterocycles. The molecule has 0 saturated carbocycles. The van der Waals surface area contributed by atoms with E-state index in [0.717, 1.165) is 22.0 Å². The summed E-state index contributed by atoms with van der Waals surface area (Å²) in [6.07, 6.45) is 1.72. The van der Waals surface area contributed by atoms with E-state index in [0.29, 0.717) is 16.6 Å². The Hall–Kier alpha value is -4.59. The molecule has 40 heavy (non-hydrogen) atoms. The number of hydrogen-bond acceptors (Lipinski definition) is 4. The number of aromatic nitrogens is 3. The minimum atomic E-state index is -1.03. The van der Waals surface area contributed by atoms with Gasteiger partial charge in [-0.3, -0.25) is 13.9 Å². The van der Waals surface area contributed by atoms with Gasteiger partial charge in [0.05, 0.1) is 35.6 Å². The summed E-state index contributed by atoms with van der Waals surface area (Å²) in [5.74, 6) is -1.55. The van der Waals surface area contributed by atoms with Crippen LogP contribution in [0.25, 0.3) is 21.9 Å². The summed E-state index contributed by atoms with van der Waals surface area (Å²) in [6, 6.07) is 19.5. The van der Waals surface area contributed by atoms with Crippen LogP contribution in [0, 0.1) is 6.92 Å². The van der Waals surface area contributed by atoms with Crippen LogP contribution in [0.3, 0.4) is 0 Å². The zero-order valence-electron chi connectivity index (χ0n) is 23.3. The Bertz CT molecular complexity index is 1800. The van der Waals surface area contributed by atoms with E-state index in [1.807, 2.05) is 73.3 Å². The summed E-state index contributed by atoms with van der Waals surface area (Å²) in [7, 11) is 1.97. The first-order valence-electron chi connectivity index (χ1n) is 13.2. The minimum Gasteiger partial charge on any atom is -0.481 e. The zero-order valence-corrected chi connectivity index (χ0v) is 23.3. The van der Waals surface area contributed by atoms with Crippen LogP contribution in [0.1, 0.15) is 60.3 Å². The van der Waals surface area contributed by atoms with Crippen molar-refractivity contribution in [3.05, 3.63) is 106 Å². The number of imidazole rings is 1. The SMILES string of the molecule is Cc1cccc2c1c(Cn1c(=O)n([C@H](CC(=O)O)c3ccccc3)c3cc(C(=O)OC(C)(C)C)ccc31)cn2C. The molecule has 8 heteroatoms. The number of carboxylic acid groups (broad SMARTS) is 1. The number of hydrogen-bond donors (Lipinski definition) is 1. The standard InChI is InChI=1S/C32H33N3O5/c1-20-10-9-13-25-29(20)23(18-33(25)5)19-34-24-15-14-22(30(38)40-32(2,3)4)16-27(24)35(31(34)39)26(17-28(36)37)21-11-7-6-8-12-21/h6-16,18,26H,17,19H2,1-5H3,(H,36,37)/t26-/m1/s1. The lowest BCUT2D eigenvalue weighted by Gasteiger charge is -2.20. The first-order chi connectivity index (χ1) is 18.9. The Labute approximate surface area is 232 Å². The smallest absolute Gasteiger partial charge is 0.338 e. The molecule has 0 aliphatic carbocycles. The molecule has 0 radical (unpaired) electrons. The lowest BCUT2D eigenvalue weighted by atomic mass is 10.0. The van der Waals surface area contributed by atoms with Gasteiger partial charge in [-0.2, -0.15) is 0 Å². The second-order valence-electron chi connectivity index (χ2n) is 11.2. The van der Waals surface area contributed by atoms with Crippen molar-refractivity contribution in [3.63, 3.8) is 0 Å². The molecule has 1 atom stereocenters. The maximum atomic E-state index is 14.2. The number of carboxylic acids is 1. The van der Waals surface area contributed by atoms with Gasteiger partial charge in [-0.1, -0.05) is 42.5 Å². The molecule has 2 aromatic heterocycles. The van der Waals surface area contributed by atoms with Gasteiger partial charge in [0.15, 0.2) is 0 Å². The van der Waals surface area contributed by atoms with Crippen molar-refractivity contribution in [1.82, 2.24) is 13.7 Å². The van der Waals surface area contributed by atoms with Gasteiger partial charge in [0.2, 0.25) is 0 Å². The molecule has 2 heterocycles. The van der Waals surface area contributed by atoms with Crippen LogP contribution in [-0.4, -0.2) is 36.3 Å². The molecular weight excluding hydrogens is 506 g/mol. The molecule has 5 rings (SSSR count). The van der Waals surface area contributed by atoms with E-state index in [1.165, 1.54) is 4.57 Å². The largest absolute Gasteiger partial charge is 0.481 e. The highest BCUT2D eigenvalue weighted by Crippen LogP contribution is 2.30. The van der Waals surface area contributed by atoms with Crippen LogP contribution in [-0.2, 0) is 23.1 Å². The van der Waals surface area contributed by atoms with E-state index in [4.69, 9.17) is 4.74 Å². The van der Waals surface area contributed by atoms with Crippen LogP contribution in [0.5, 0.6) is 0 Å². The number of nitrogens with zero attached hydrogens (tertiary/aromatic N) is 3. The number of esters is 1. The molecule has 3 aromatic carbocycles. The summed E-state index contributed by atoms with van der Waals surface area (Å²) >= 11 is 0. The zero-order chi connectivity index (χ0) is 28.8. The molecule has 1 N–H and O–H groups in total. The van der Waals surface area contributed by atoms with Crippen molar-refractivity contribution in [2.75, 3.05) is 0 Å². The predicted octanol–water partition coefficient (Wildman–Crippen LogP) is 5.67. The maximum absolute atomic E-state index is 14.2. The Kier molecular flexibility index (Phi) is 6.87. The highest BCUT2D eigenvalue weighted by molar-refractivity contribution is 5.94. The average molecular weight is 540 g/mol. The van der Waals surface area contributed by atoms with Gasteiger partial charge >= 0.3 is 17.6 Å². The van der Waals surface area contributed by atoms with Crippen molar-refractivity contribution >= 4 is 33.9 Å². The second-order valence-corrected chi connectivity index (χ2v) is 11.2. The van der Waals surface area contributed by atoms with Crippen molar-refractivity contribution < 1.29 is 19.4 Å². The Balaban J connectivity index is 1.75. The topological polar surface area (TPSA) is 95.5 Å². The summed E-state index contributed by atoms with van der Waals surface area (Å²) < 4.78 is 10.8. The van der Waals surface area contributed by atoms with Crippen molar-refractivity contribution in [2.24, 2.45) is 7.05 Å². The van der Waals surface area contributed by atoms with Crippen LogP contribution >= 0.6 is 0 Å². The molecule has 0 amide bonds.